The fraction of sp³-hybridized carbons (Fsp3) is 0.333. The highest BCUT2D eigenvalue weighted by atomic mass is 32.1. The van der Waals surface area contributed by atoms with Gasteiger partial charge in [0.1, 0.15) is 17.4 Å². The molecule has 4 aromatic rings. The summed E-state index contributed by atoms with van der Waals surface area (Å²) in [4.78, 5) is 20.0. The number of benzene rings is 3. The quantitative estimate of drug-likeness (QED) is 0.249. The smallest absolute Gasteiger partial charge is 0.254 e. The number of nitrogens with one attached hydrogen (secondary N) is 1. The van der Waals surface area contributed by atoms with Gasteiger partial charge in [-0.3, -0.25) is 4.79 Å². The summed E-state index contributed by atoms with van der Waals surface area (Å²) in [6.07, 6.45) is 12.1. The number of thiophene rings is 1. The van der Waals surface area contributed by atoms with Crippen molar-refractivity contribution in [2.24, 2.45) is 4.99 Å². The number of ether oxygens (including phenoxy) is 1. The van der Waals surface area contributed by atoms with Gasteiger partial charge >= 0.3 is 0 Å². The fourth-order valence-electron chi connectivity index (χ4n) is 5.77. The van der Waals surface area contributed by atoms with Crippen molar-refractivity contribution in [2.75, 3.05) is 0 Å². The minimum atomic E-state index is 0.0573. The molecule has 0 atom stereocenters. The molecule has 0 spiro atoms. The van der Waals surface area contributed by atoms with Crippen LogP contribution in [0.15, 0.2) is 71.7 Å². The second kappa shape index (κ2) is 11.5. The van der Waals surface area contributed by atoms with Crippen molar-refractivity contribution in [1.29, 1.82) is 0 Å². The Bertz CT molecular complexity index is 1450. The van der Waals surface area contributed by atoms with Crippen molar-refractivity contribution >= 4 is 39.2 Å². The van der Waals surface area contributed by atoms with Crippen molar-refractivity contribution < 1.29 is 9.53 Å². The first-order chi connectivity index (χ1) is 18.8. The van der Waals surface area contributed by atoms with Crippen LogP contribution in [-0.2, 0) is 19.4 Å². The Morgan fingerprint density at radius 2 is 1.71 bits per heavy atom. The number of hydrogen-bond acceptors (Lipinski definition) is 4. The van der Waals surface area contributed by atoms with Crippen LogP contribution in [0, 0.1) is 0 Å². The molecular weight excluding hydrogens is 488 g/mol. The molecule has 2 aliphatic rings. The zero-order valence-corrected chi connectivity index (χ0v) is 22.6. The summed E-state index contributed by atoms with van der Waals surface area (Å²) in [5.41, 5.74) is 4.10. The van der Waals surface area contributed by atoms with Gasteiger partial charge in [0.2, 0.25) is 0 Å². The van der Waals surface area contributed by atoms with E-state index in [4.69, 9.17) is 9.73 Å². The van der Waals surface area contributed by atoms with Gasteiger partial charge < -0.3 is 10.1 Å². The Kier molecular flexibility index (Phi) is 7.54. The summed E-state index contributed by atoms with van der Waals surface area (Å²) < 4.78 is 6.31. The van der Waals surface area contributed by atoms with Crippen LogP contribution in [0.2, 0.25) is 0 Å². The predicted octanol–water partition coefficient (Wildman–Crippen LogP) is 8.17. The van der Waals surface area contributed by atoms with E-state index >= 15 is 0 Å². The van der Waals surface area contributed by atoms with Crippen LogP contribution in [0.1, 0.15) is 76.9 Å². The maximum Gasteiger partial charge on any atom is 0.254 e. The number of hydrogen-bond donors (Lipinski definition) is 1. The summed E-state index contributed by atoms with van der Waals surface area (Å²) in [6, 6.07) is 22.9. The number of rotatable bonds is 7. The van der Waals surface area contributed by atoms with Crippen LogP contribution in [0.3, 0.4) is 0 Å². The maximum atomic E-state index is 13.6. The van der Waals surface area contributed by atoms with Crippen LogP contribution in [0.4, 0.5) is 5.00 Å². The van der Waals surface area contributed by atoms with Gasteiger partial charge in [-0.05, 0) is 66.5 Å². The molecule has 1 heterocycles. The first kappa shape index (κ1) is 24.9. The summed E-state index contributed by atoms with van der Waals surface area (Å²) in [6.45, 7) is 0.488. The van der Waals surface area contributed by atoms with Crippen LogP contribution in [-0.4, -0.2) is 18.2 Å². The van der Waals surface area contributed by atoms with Crippen LogP contribution < -0.4 is 10.1 Å². The first-order valence-electron chi connectivity index (χ1n) is 13.9. The third-order valence-electron chi connectivity index (χ3n) is 7.80. The van der Waals surface area contributed by atoms with Gasteiger partial charge in [-0.15, -0.1) is 11.3 Å². The number of amides is 1. The van der Waals surface area contributed by atoms with Gasteiger partial charge in [-0.2, -0.15) is 0 Å². The third kappa shape index (κ3) is 5.39. The molecule has 0 unspecified atom stereocenters. The molecule has 0 saturated heterocycles. The van der Waals surface area contributed by atoms with E-state index in [0.29, 0.717) is 6.61 Å². The summed E-state index contributed by atoms with van der Waals surface area (Å²) in [7, 11) is 0. The molecule has 0 bridgehead atoms. The van der Waals surface area contributed by atoms with Crippen LogP contribution in [0.5, 0.6) is 5.75 Å². The Balaban J connectivity index is 1.35. The molecule has 2 aliphatic carbocycles. The van der Waals surface area contributed by atoms with E-state index in [1.54, 1.807) is 11.3 Å². The molecule has 1 fully saturated rings. The molecule has 1 amide bonds. The third-order valence-corrected chi connectivity index (χ3v) is 9.00. The Hall–Kier alpha value is -3.44. The van der Waals surface area contributed by atoms with E-state index < -0.39 is 0 Å². The van der Waals surface area contributed by atoms with E-state index in [2.05, 4.69) is 41.7 Å². The molecule has 194 valence electrons. The summed E-state index contributed by atoms with van der Waals surface area (Å²) >= 11 is 1.69. The van der Waals surface area contributed by atoms with Gasteiger partial charge in [0.05, 0.1) is 5.56 Å². The van der Waals surface area contributed by atoms with E-state index in [9.17, 15) is 4.79 Å². The van der Waals surface area contributed by atoms with Crippen LogP contribution >= 0.6 is 11.3 Å². The van der Waals surface area contributed by atoms with E-state index in [1.807, 2.05) is 36.5 Å². The number of nitrogens with zero attached hydrogens (tertiary/aromatic N) is 1. The lowest BCUT2D eigenvalue weighted by molar-refractivity contribution is 0.0927. The topological polar surface area (TPSA) is 50.7 Å². The highest BCUT2D eigenvalue weighted by molar-refractivity contribution is 7.16. The minimum Gasteiger partial charge on any atom is -0.488 e. The average Bonchev–Trinajstić information content (AvgIpc) is 3.34. The molecule has 0 aliphatic heterocycles. The number of fused-ring (bicyclic) bond motifs is 2. The first-order valence-corrected chi connectivity index (χ1v) is 14.8. The molecule has 6 rings (SSSR count). The number of carbonyl (C=O) groups excluding carboxylic acids is 1. The van der Waals surface area contributed by atoms with Crippen molar-refractivity contribution in [2.45, 2.75) is 70.4 Å². The van der Waals surface area contributed by atoms with Crippen molar-refractivity contribution in [3.8, 4) is 5.75 Å². The highest BCUT2D eigenvalue weighted by Crippen LogP contribution is 2.40. The van der Waals surface area contributed by atoms with E-state index in [-0.39, 0.29) is 11.9 Å². The van der Waals surface area contributed by atoms with E-state index in [1.165, 1.54) is 36.1 Å². The molecule has 1 saturated carbocycles. The summed E-state index contributed by atoms with van der Waals surface area (Å²) in [5.74, 6) is 0.854. The van der Waals surface area contributed by atoms with Gasteiger partial charge in [0, 0.05) is 22.7 Å². The lowest BCUT2D eigenvalue weighted by Gasteiger charge is -2.23. The van der Waals surface area contributed by atoms with Crippen molar-refractivity contribution in [1.82, 2.24) is 5.32 Å². The highest BCUT2D eigenvalue weighted by Gasteiger charge is 2.27. The van der Waals surface area contributed by atoms with Gasteiger partial charge in [-0.25, -0.2) is 4.99 Å². The lowest BCUT2D eigenvalue weighted by Crippen LogP contribution is -2.36. The van der Waals surface area contributed by atoms with Crippen LogP contribution in [0.25, 0.3) is 10.8 Å². The molecular formula is C33H34N2O2S. The zero-order valence-electron chi connectivity index (χ0n) is 21.7. The van der Waals surface area contributed by atoms with E-state index in [0.717, 1.165) is 70.3 Å². The average molecular weight is 523 g/mol. The molecule has 4 nitrogen and oxygen atoms in total. The largest absolute Gasteiger partial charge is 0.488 e. The molecule has 1 aromatic heterocycles. The number of aryl methyl sites for hydroxylation is 1. The van der Waals surface area contributed by atoms with Crippen molar-refractivity contribution in [3.05, 3.63) is 93.9 Å². The second-order valence-corrected chi connectivity index (χ2v) is 11.5. The zero-order chi connectivity index (χ0) is 25.7. The molecule has 5 heteroatoms. The fourth-order valence-corrected chi connectivity index (χ4v) is 7.00. The van der Waals surface area contributed by atoms with Crippen molar-refractivity contribution in [3.63, 3.8) is 0 Å². The summed E-state index contributed by atoms with van der Waals surface area (Å²) in [5, 5.41) is 6.42. The predicted molar refractivity (Wildman–Crippen MR) is 157 cm³/mol. The molecule has 1 N–H and O–H groups in total. The lowest BCUT2D eigenvalue weighted by atomic mass is 9.93. The maximum absolute atomic E-state index is 13.6. The monoisotopic (exact) mass is 522 g/mol. The Morgan fingerprint density at radius 3 is 2.58 bits per heavy atom. The SMILES string of the molecule is O=C(NC1CCCCC1)c1c(N=Cc2c(OCc3ccccc3)ccc3ccccc23)sc2c1CCCC2. The Labute approximate surface area is 228 Å². The normalized spacial score (nSPS) is 16.0. The number of carbonyl (C=O) groups is 1. The van der Waals surface area contributed by atoms with Gasteiger partial charge in [0.15, 0.2) is 0 Å². The standard InChI is InChI=1S/C33H34N2O2S/c36-32(35-25-14-5-2-6-15-25)31-27-17-9-10-18-30(27)38-33(31)34-21-28-26-16-8-7-13-24(26)19-20-29(28)37-22-23-11-3-1-4-12-23/h1,3-4,7-8,11-13,16,19-21,25H,2,5-6,9-10,14-15,17-18,22H2,(H,35,36). The van der Waals surface area contributed by atoms with Gasteiger partial charge in [-0.1, -0.05) is 79.9 Å². The Morgan fingerprint density at radius 1 is 0.921 bits per heavy atom. The molecule has 38 heavy (non-hydrogen) atoms. The molecule has 3 aromatic carbocycles. The second-order valence-electron chi connectivity index (χ2n) is 10.4. The van der Waals surface area contributed by atoms with Gasteiger partial charge in [0.25, 0.3) is 5.91 Å². The molecule has 0 radical (unpaired) electrons. The minimum absolute atomic E-state index is 0.0573. The number of aliphatic imine (C=N–C) groups is 1.